The highest BCUT2D eigenvalue weighted by atomic mass is 35.5. The van der Waals surface area contributed by atoms with Crippen LogP contribution in [-0.4, -0.2) is 27.9 Å². The Bertz CT molecular complexity index is 1590. The molecule has 0 spiro atoms. The number of aliphatic imine (C=N–C) groups is 1. The van der Waals surface area contributed by atoms with Crippen LogP contribution in [0.5, 0.6) is 0 Å². The molecule has 0 saturated heterocycles. The summed E-state index contributed by atoms with van der Waals surface area (Å²) in [4.78, 5) is 44.8. The van der Waals surface area contributed by atoms with Crippen LogP contribution in [-0.2, 0) is 4.79 Å². The molecule has 0 atom stereocenters. The molecule has 0 aliphatic carbocycles. The lowest BCUT2D eigenvalue weighted by molar-refractivity contribution is -0.672. The number of aromatic amines is 1. The van der Waals surface area contributed by atoms with Gasteiger partial charge < -0.3 is 0 Å². The molecule has 184 valence electrons. The van der Waals surface area contributed by atoms with E-state index in [4.69, 9.17) is 27.7 Å². The van der Waals surface area contributed by atoms with Crippen molar-refractivity contribution in [3.05, 3.63) is 116 Å². The Hall–Kier alpha value is -3.92. The molecule has 2 heterocycles. The smallest absolute Gasteiger partial charge is 0.286 e. The van der Waals surface area contributed by atoms with E-state index >= 15 is 0 Å². The highest BCUT2D eigenvalue weighted by molar-refractivity contribution is 8.14. The third-order valence-electron chi connectivity index (χ3n) is 5.38. The third-order valence-corrected chi connectivity index (χ3v) is 6.98. The van der Waals surface area contributed by atoms with Crippen molar-refractivity contribution < 1.29 is 18.8 Å². The van der Waals surface area contributed by atoms with Gasteiger partial charge in [0.2, 0.25) is 11.5 Å². The number of amides is 1. The first-order valence-electron chi connectivity index (χ1n) is 10.9. The predicted octanol–water partition coefficient (Wildman–Crippen LogP) is 4.91. The second kappa shape index (κ2) is 10.6. The number of halogens is 2. The second-order valence-electron chi connectivity index (χ2n) is 7.75. The molecule has 1 N–H and O–H groups in total. The highest BCUT2D eigenvalue weighted by Crippen LogP contribution is 2.32. The number of para-hydroxylation sites is 2. The van der Waals surface area contributed by atoms with E-state index in [1.165, 1.54) is 15.7 Å². The number of Topliss-reactive ketones (excluding diaryl/α,β-unsaturated/α-hetero) is 1. The normalized spacial score (nSPS) is 14.3. The molecule has 8 nitrogen and oxygen atoms in total. The van der Waals surface area contributed by atoms with Crippen LogP contribution in [0.25, 0.3) is 11.8 Å². The van der Waals surface area contributed by atoms with Gasteiger partial charge >= 0.3 is 11.3 Å². The molecule has 0 saturated carbocycles. The van der Waals surface area contributed by atoms with Crippen molar-refractivity contribution >= 4 is 63.6 Å². The molecule has 4 aromatic rings. The number of nitrogens with zero attached hydrogens (tertiary/aromatic N) is 3. The van der Waals surface area contributed by atoms with Crippen LogP contribution in [0, 0.1) is 0 Å². The monoisotopic (exact) mass is 551 g/mol. The number of nitrogens with one attached hydrogen (secondary N) is 1. The number of carbonyl (C=O) groups excluding carboxylic acids is 2. The number of amidine groups is 1. The molecule has 1 amide bonds. The van der Waals surface area contributed by atoms with E-state index in [1.54, 1.807) is 66.7 Å². The largest absolute Gasteiger partial charge is 0.438 e. The van der Waals surface area contributed by atoms with Gasteiger partial charge in [0, 0.05) is 27.7 Å². The quantitative estimate of drug-likeness (QED) is 0.208. The average molecular weight is 552 g/mol. The van der Waals surface area contributed by atoms with Gasteiger partial charge in [-0.05, 0) is 40.3 Å². The number of hydrogen-bond acceptors (Lipinski definition) is 6. The van der Waals surface area contributed by atoms with Gasteiger partial charge in [0.1, 0.15) is 5.70 Å². The van der Waals surface area contributed by atoms with Crippen molar-refractivity contribution in [2.75, 3.05) is 10.7 Å². The van der Waals surface area contributed by atoms with Crippen molar-refractivity contribution in [3.63, 3.8) is 0 Å². The van der Waals surface area contributed by atoms with E-state index in [1.807, 2.05) is 12.1 Å². The summed E-state index contributed by atoms with van der Waals surface area (Å²) in [5, 5.41) is 3.47. The molecular formula is C26H17Cl2N4O4S+. The number of anilines is 1. The summed E-state index contributed by atoms with van der Waals surface area (Å²) < 4.78 is 6.16. The minimum Gasteiger partial charge on any atom is -0.286 e. The van der Waals surface area contributed by atoms with E-state index in [2.05, 4.69) is 10.3 Å². The van der Waals surface area contributed by atoms with Crippen molar-refractivity contribution in [2.45, 2.75) is 0 Å². The molecule has 0 fully saturated rings. The van der Waals surface area contributed by atoms with Crippen LogP contribution in [0.2, 0.25) is 10.0 Å². The van der Waals surface area contributed by atoms with Gasteiger partial charge in [-0.15, -0.1) is 0 Å². The summed E-state index contributed by atoms with van der Waals surface area (Å²) in [6.07, 6.45) is 1.52. The fourth-order valence-corrected chi connectivity index (χ4v) is 5.04. The van der Waals surface area contributed by atoms with Crippen LogP contribution in [0.3, 0.4) is 0 Å². The Balaban J connectivity index is 1.47. The van der Waals surface area contributed by atoms with Crippen LogP contribution in [0.1, 0.15) is 16.1 Å². The Morgan fingerprint density at radius 1 is 0.973 bits per heavy atom. The lowest BCUT2D eigenvalue weighted by atomic mass is 10.2. The molecule has 3 aromatic carbocycles. The fraction of sp³-hybridized carbons (Fsp3) is 0.0385. The average Bonchev–Trinajstić information content (AvgIpc) is 3.45. The zero-order valence-electron chi connectivity index (χ0n) is 18.9. The summed E-state index contributed by atoms with van der Waals surface area (Å²) >= 11 is 13.6. The van der Waals surface area contributed by atoms with Gasteiger partial charge in [0.05, 0.1) is 11.4 Å². The van der Waals surface area contributed by atoms with Gasteiger partial charge in [0.15, 0.2) is 5.17 Å². The predicted molar refractivity (Wildman–Crippen MR) is 143 cm³/mol. The van der Waals surface area contributed by atoms with Gasteiger partial charge in [-0.2, -0.15) is 0 Å². The molecular weight excluding hydrogens is 535 g/mol. The number of thioether (sulfide) groups is 1. The maximum Gasteiger partial charge on any atom is 0.438 e. The lowest BCUT2D eigenvalue weighted by Gasteiger charge is -2.17. The topological polar surface area (TPSA) is 99.6 Å². The van der Waals surface area contributed by atoms with Crippen molar-refractivity contribution in [2.24, 2.45) is 4.99 Å². The Morgan fingerprint density at radius 2 is 1.62 bits per heavy atom. The van der Waals surface area contributed by atoms with Gasteiger partial charge in [-0.25, -0.2) is 9.79 Å². The third kappa shape index (κ3) is 5.01. The second-order valence-corrected chi connectivity index (χ2v) is 9.50. The van der Waals surface area contributed by atoms with E-state index in [0.29, 0.717) is 27.0 Å². The van der Waals surface area contributed by atoms with Gasteiger partial charge in [-0.3, -0.25) is 19.0 Å². The Morgan fingerprint density at radius 3 is 2.30 bits per heavy atom. The maximum atomic E-state index is 13.4. The number of hydrogen-bond donors (Lipinski definition) is 1. The zero-order chi connectivity index (χ0) is 25.9. The van der Waals surface area contributed by atoms with Crippen LogP contribution >= 0.6 is 35.0 Å². The number of aromatic nitrogens is 2. The lowest BCUT2D eigenvalue weighted by Crippen LogP contribution is -2.41. The SMILES string of the molecule is O=C(CSC1=N/C(=C\c2c(Cl)cccc2Cl)C(=O)N1c1ccccc1)c1c(=O)o[nH][n+]1-c1ccccc1. The standard InChI is InChI=1S/C26H16Cl2N4O4S/c27-19-12-7-13-20(28)18(19)14-21-24(34)31(16-8-3-1-4-9-16)26(29-21)37-15-22(33)23-25(35)36-30-32(23)17-10-5-2-6-11-17/h1-14H,15H2/p+1/b21-14-. The summed E-state index contributed by atoms with van der Waals surface area (Å²) in [6.45, 7) is 0. The molecule has 1 aliphatic rings. The molecule has 0 unspecified atom stereocenters. The molecule has 0 radical (unpaired) electrons. The van der Waals surface area contributed by atoms with Crippen LogP contribution < -0.4 is 15.2 Å². The van der Waals surface area contributed by atoms with Crippen LogP contribution in [0.4, 0.5) is 5.69 Å². The molecule has 5 rings (SSSR count). The molecule has 1 aromatic heterocycles. The van der Waals surface area contributed by atoms with Crippen molar-refractivity contribution in [3.8, 4) is 5.69 Å². The highest BCUT2D eigenvalue weighted by Gasteiger charge is 2.35. The first kappa shape index (κ1) is 24.8. The van der Waals surface area contributed by atoms with E-state index in [9.17, 15) is 14.4 Å². The number of rotatable bonds is 6. The first-order chi connectivity index (χ1) is 17.9. The summed E-state index contributed by atoms with van der Waals surface area (Å²) in [5.41, 5.74) is 0.723. The Kier molecular flexibility index (Phi) is 7.09. The fourth-order valence-electron chi connectivity index (χ4n) is 3.65. The summed E-state index contributed by atoms with van der Waals surface area (Å²) in [5.74, 6) is -1.08. The van der Waals surface area contributed by atoms with Crippen LogP contribution in [0.15, 0.2) is 98.9 Å². The van der Waals surface area contributed by atoms with Gasteiger partial charge in [-0.1, -0.05) is 77.4 Å². The molecule has 11 heteroatoms. The van der Waals surface area contributed by atoms with Gasteiger partial charge in [0.25, 0.3) is 5.91 Å². The summed E-state index contributed by atoms with van der Waals surface area (Å²) in [6, 6.07) is 22.7. The number of H-pyrrole nitrogens is 1. The first-order valence-corrected chi connectivity index (χ1v) is 12.7. The van der Waals surface area contributed by atoms with E-state index in [0.717, 1.165) is 11.8 Å². The maximum absolute atomic E-state index is 13.4. The minimum atomic E-state index is -0.798. The Labute approximate surface area is 224 Å². The number of benzene rings is 3. The number of ketones is 1. The summed E-state index contributed by atoms with van der Waals surface area (Å²) in [7, 11) is 0. The van der Waals surface area contributed by atoms with E-state index < -0.39 is 17.3 Å². The van der Waals surface area contributed by atoms with Crippen molar-refractivity contribution in [1.82, 2.24) is 5.27 Å². The van der Waals surface area contributed by atoms with Crippen molar-refractivity contribution in [1.29, 1.82) is 0 Å². The number of carbonyl (C=O) groups is 2. The molecule has 37 heavy (non-hydrogen) atoms. The van der Waals surface area contributed by atoms with E-state index in [-0.39, 0.29) is 22.3 Å². The molecule has 1 aliphatic heterocycles. The zero-order valence-corrected chi connectivity index (χ0v) is 21.3. The minimum absolute atomic E-state index is 0.106. The molecule has 0 bridgehead atoms.